The SMILES string of the molecule is Cc1ccc(C(=O)N2CCC(COc3ccc(C(=O)NC(C)C)cc3)CC2)c(C)c1. The van der Waals surface area contributed by atoms with Gasteiger partial charge in [-0.15, -0.1) is 0 Å². The summed E-state index contributed by atoms with van der Waals surface area (Å²) in [5, 5.41) is 2.88. The van der Waals surface area contributed by atoms with E-state index in [-0.39, 0.29) is 17.9 Å². The number of hydrogen-bond donors (Lipinski definition) is 1. The first kappa shape index (κ1) is 21.9. The standard InChI is InChI=1S/C25H32N2O3/c1-17(2)26-24(28)21-6-8-22(9-7-21)30-16-20-11-13-27(14-12-20)25(29)23-10-5-18(3)15-19(23)4/h5-10,15,17,20H,11-14,16H2,1-4H3,(H,26,28). The number of aryl methyl sites for hydroxylation is 2. The van der Waals surface area contributed by atoms with Gasteiger partial charge in [-0.2, -0.15) is 0 Å². The topological polar surface area (TPSA) is 58.6 Å². The van der Waals surface area contributed by atoms with Crippen LogP contribution < -0.4 is 10.1 Å². The Labute approximate surface area is 179 Å². The molecule has 3 rings (SSSR count). The number of ether oxygens (including phenoxy) is 1. The van der Waals surface area contributed by atoms with Gasteiger partial charge in [-0.25, -0.2) is 0 Å². The van der Waals surface area contributed by atoms with Crippen LogP contribution in [0, 0.1) is 19.8 Å². The third-order valence-corrected chi connectivity index (χ3v) is 5.54. The molecule has 160 valence electrons. The number of amides is 2. The molecule has 0 saturated carbocycles. The summed E-state index contributed by atoms with van der Waals surface area (Å²) in [5.74, 6) is 1.25. The van der Waals surface area contributed by atoms with Crippen LogP contribution in [-0.4, -0.2) is 42.5 Å². The number of nitrogens with one attached hydrogen (secondary N) is 1. The molecule has 1 N–H and O–H groups in total. The molecule has 5 nitrogen and oxygen atoms in total. The van der Waals surface area contributed by atoms with Crippen LogP contribution in [0.2, 0.25) is 0 Å². The van der Waals surface area contributed by atoms with E-state index in [2.05, 4.69) is 11.4 Å². The van der Waals surface area contributed by atoms with E-state index in [1.807, 2.05) is 56.9 Å². The molecule has 0 aromatic heterocycles. The minimum Gasteiger partial charge on any atom is -0.493 e. The van der Waals surface area contributed by atoms with E-state index in [0.717, 1.165) is 42.8 Å². The molecule has 1 aliphatic heterocycles. The average Bonchev–Trinajstić information content (AvgIpc) is 2.72. The summed E-state index contributed by atoms with van der Waals surface area (Å²) in [6, 6.07) is 13.4. The van der Waals surface area contributed by atoms with Crippen molar-refractivity contribution in [1.82, 2.24) is 10.2 Å². The fraction of sp³-hybridized carbons (Fsp3) is 0.440. The molecule has 0 atom stereocenters. The van der Waals surface area contributed by atoms with E-state index in [9.17, 15) is 9.59 Å². The van der Waals surface area contributed by atoms with Crippen LogP contribution in [0.4, 0.5) is 0 Å². The van der Waals surface area contributed by atoms with Gasteiger partial charge in [0, 0.05) is 30.3 Å². The van der Waals surface area contributed by atoms with Crippen LogP contribution in [0.25, 0.3) is 0 Å². The summed E-state index contributed by atoms with van der Waals surface area (Å²) in [4.78, 5) is 26.8. The van der Waals surface area contributed by atoms with Crippen molar-refractivity contribution in [1.29, 1.82) is 0 Å². The van der Waals surface area contributed by atoms with Crippen LogP contribution in [0.3, 0.4) is 0 Å². The summed E-state index contributed by atoms with van der Waals surface area (Å²) < 4.78 is 5.94. The molecule has 1 aliphatic rings. The quantitative estimate of drug-likeness (QED) is 0.772. The number of benzene rings is 2. The highest BCUT2D eigenvalue weighted by atomic mass is 16.5. The molecule has 0 bridgehead atoms. The van der Waals surface area contributed by atoms with Crippen molar-refractivity contribution < 1.29 is 14.3 Å². The zero-order valence-electron chi connectivity index (χ0n) is 18.4. The number of carbonyl (C=O) groups is 2. The number of rotatable bonds is 6. The van der Waals surface area contributed by atoms with Crippen molar-refractivity contribution in [3.05, 3.63) is 64.7 Å². The van der Waals surface area contributed by atoms with Gasteiger partial charge in [0.25, 0.3) is 11.8 Å². The number of likely N-dealkylation sites (tertiary alicyclic amines) is 1. The Morgan fingerprint density at radius 3 is 2.33 bits per heavy atom. The number of hydrogen-bond acceptors (Lipinski definition) is 3. The third-order valence-electron chi connectivity index (χ3n) is 5.54. The second-order valence-corrected chi connectivity index (χ2v) is 8.52. The Hall–Kier alpha value is -2.82. The van der Waals surface area contributed by atoms with E-state index in [0.29, 0.717) is 18.1 Å². The molecule has 1 fully saturated rings. The molecular weight excluding hydrogens is 376 g/mol. The maximum atomic E-state index is 12.8. The number of nitrogens with zero attached hydrogens (tertiary/aromatic N) is 1. The Morgan fingerprint density at radius 1 is 1.07 bits per heavy atom. The number of piperidine rings is 1. The van der Waals surface area contributed by atoms with E-state index in [4.69, 9.17) is 4.74 Å². The second-order valence-electron chi connectivity index (χ2n) is 8.52. The molecule has 0 spiro atoms. The van der Waals surface area contributed by atoms with Crippen LogP contribution in [0.15, 0.2) is 42.5 Å². The highest BCUT2D eigenvalue weighted by Gasteiger charge is 2.25. The smallest absolute Gasteiger partial charge is 0.254 e. The van der Waals surface area contributed by atoms with Crippen molar-refractivity contribution in [3.8, 4) is 5.75 Å². The average molecular weight is 409 g/mol. The summed E-state index contributed by atoms with van der Waals surface area (Å²) in [6.07, 6.45) is 1.87. The first-order valence-corrected chi connectivity index (χ1v) is 10.7. The maximum Gasteiger partial charge on any atom is 0.254 e. The zero-order valence-corrected chi connectivity index (χ0v) is 18.4. The molecule has 5 heteroatoms. The van der Waals surface area contributed by atoms with Crippen LogP contribution >= 0.6 is 0 Å². The van der Waals surface area contributed by atoms with E-state index >= 15 is 0 Å². The first-order valence-electron chi connectivity index (χ1n) is 10.7. The van der Waals surface area contributed by atoms with Gasteiger partial charge in [0.15, 0.2) is 0 Å². The molecule has 30 heavy (non-hydrogen) atoms. The molecule has 1 heterocycles. The van der Waals surface area contributed by atoms with Crippen LogP contribution in [-0.2, 0) is 0 Å². The minimum absolute atomic E-state index is 0.0718. The summed E-state index contributed by atoms with van der Waals surface area (Å²) in [5.41, 5.74) is 3.65. The molecule has 0 aliphatic carbocycles. The zero-order chi connectivity index (χ0) is 21.7. The van der Waals surface area contributed by atoms with Gasteiger partial charge in [-0.1, -0.05) is 17.7 Å². The fourth-order valence-corrected chi connectivity index (χ4v) is 3.79. The predicted octanol–water partition coefficient (Wildman–Crippen LogP) is 4.37. The van der Waals surface area contributed by atoms with Gasteiger partial charge in [0.2, 0.25) is 0 Å². The van der Waals surface area contributed by atoms with Gasteiger partial charge >= 0.3 is 0 Å². The van der Waals surface area contributed by atoms with Crippen molar-refractivity contribution in [2.24, 2.45) is 5.92 Å². The molecule has 0 unspecified atom stereocenters. The van der Waals surface area contributed by atoms with Crippen LogP contribution in [0.5, 0.6) is 5.75 Å². The lowest BCUT2D eigenvalue weighted by Gasteiger charge is -2.32. The van der Waals surface area contributed by atoms with Crippen molar-refractivity contribution in [2.75, 3.05) is 19.7 Å². The Bertz CT molecular complexity index is 882. The Balaban J connectivity index is 1.47. The fourth-order valence-electron chi connectivity index (χ4n) is 3.79. The monoisotopic (exact) mass is 408 g/mol. The van der Waals surface area contributed by atoms with Crippen LogP contribution in [0.1, 0.15) is 58.5 Å². The Morgan fingerprint density at radius 2 is 1.73 bits per heavy atom. The van der Waals surface area contributed by atoms with Gasteiger partial charge in [0.1, 0.15) is 5.75 Å². The lowest BCUT2D eigenvalue weighted by Crippen LogP contribution is -2.40. The van der Waals surface area contributed by atoms with E-state index in [1.165, 1.54) is 5.56 Å². The normalized spacial score (nSPS) is 14.6. The summed E-state index contributed by atoms with van der Waals surface area (Å²) in [6.45, 7) is 10.1. The molecule has 2 aromatic carbocycles. The molecule has 2 aromatic rings. The maximum absolute atomic E-state index is 12.8. The van der Waals surface area contributed by atoms with E-state index < -0.39 is 0 Å². The molecule has 2 amide bonds. The third kappa shape index (κ3) is 5.62. The summed E-state index contributed by atoms with van der Waals surface area (Å²) >= 11 is 0. The van der Waals surface area contributed by atoms with Gasteiger partial charge in [-0.3, -0.25) is 9.59 Å². The predicted molar refractivity (Wildman–Crippen MR) is 119 cm³/mol. The molecular formula is C25H32N2O3. The van der Waals surface area contributed by atoms with Gasteiger partial charge < -0.3 is 15.0 Å². The van der Waals surface area contributed by atoms with Crippen molar-refractivity contribution >= 4 is 11.8 Å². The lowest BCUT2D eigenvalue weighted by atomic mass is 9.96. The largest absolute Gasteiger partial charge is 0.493 e. The highest BCUT2D eigenvalue weighted by Crippen LogP contribution is 2.22. The van der Waals surface area contributed by atoms with Gasteiger partial charge in [-0.05, 0) is 82.3 Å². The first-order chi connectivity index (χ1) is 14.3. The van der Waals surface area contributed by atoms with Crippen molar-refractivity contribution in [2.45, 2.75) is 46.6 Å². The minimum atomic E-state index is -0.0718. The van der Waals surface area contributed by atoms with Crippen molar-refractivity contribution in [3.63, 3.8) is 0 Å². The molecule has 0 radical (unpaired) electrons. The summed E-state index contributed by atoms with van der Waals surface area (Å²) in [7, 11) is 0. The van der Waals surface area contributed by atoms with Gasteiger partial charge in [0.05, 0.1) is 6.61 Å². The highest BCUT2D eigenvalue weighted by molar-refractivity contribution is 5.96. The Kier molecular flexibility index (Phi) is 7.14. The van der Waals surface area contributed by atoms with E-state index in [1.54, 1.807) is 12.1 Å². The number of carbonyl (C=O) groups excluding carboxylic acids is 2. The lowest BCUT2D eigenvalue weighted by molar-refractivity contribution is 0.0660. The second kappa shape index (κ2) is 9.79. The molecule has 1 saturated heterocycles.